The van der Waals surface area contributed by atoms with Crippen molar-refractivity contribution in [3.8, 4) is 5.75 Å². The predicted molar refractivity (Wildman–Crippen MR) is 137 cm³/mol. The molecule has 2 aliphatic rings. The monoisotopic (exact) mass is 522 g/mol. The molecule has 2 aliphatic heterocycles. The van der Waals surface area contributed by atoms with Gasteiger partial charge in [-0.25, -0.2) is 4.79 Å². The molecular weight excluding hydrogens is 491 g/mol. The van der Waals surface area contributed by atoms with Gasteiger partial charge in [0.05, 0.1) is 11.6 Å². The average Bonchev–Trinajstić information content (AvgIpc) is 2.84. The van der Waals surface area contributed by atoms with Gasteiger partial charge in [0, 0.05) is 24.8 Å². The van der Waals surface area contributed by atoms with Gasteiger partial charge < -0.3 is 19.9 Å². The number of carbonyl (C=O) groups excluding carboxylic acids is 1. The lowest BCUT2D eigenvalue weighted by Gasteiger charge is -2.48. The first-order valence-corrected chi connectivity index (χ1v) is 12.1. The summed E-state index contributed by atoms with van der Waals surface area (Å²) < 4.78 is 11.8. The number of hydrogen-bond donors (Lipinski definition) is 2. The summed E-state index contributed by atoms with van der Waals surface area (Å²) in [6.07, 6.45) is 3.07. The fourth-order valence-corrected chi connectivity index (χ4v) is 5.06. The van der Waals surface area contributed by atoms with Crippen LogP contribution in [0.15, 0.2) is 48.5 Å². The van der Waals surface area contributed by atoms with Crippen LogP contribution in [0, 0.1) is 0 Å². The average molecular weight is 523 g/mol. The van der Waals surface area contributed by atoms with Crippen molar-refractivity contribution in [3.63, 3.8) is 0 Å². The van der Waals surface area contributed by atoms with Gasteiger partial charge >= 0.3 is 5.97 Å². The Morgan fingerprint density at radius 1 is 1.20 bits per heavy atom. The van der Waals surface area contributed by atoms with Crippen LogP contribution in [0.3, 0.4) is 0 Å². The Bertz CT molecular complexity index is 1010. The Morgan fingerprint density at radius 3 is 2.57 bits per heavy atom. The zero-order valence-electron chi connectivity index (χ0n) is 19.7. The summed E-state index contributed by atoms with van der Waals surface area (Å²) in [6, 6.07) is 13.8. The number of nitrogens with zero attached hydrogens (tertiary/aromatic N) is 1. The lowest BCUT2D eigenvalue weighted by atomic mass is 9.84. The van der Waals surface area contributed by atoms with Crippen LogP contribution < -0.4 is 10.1 Å². The van der Waals surface area contributed by atoms with E-state index in [9.17, 15) is 9.59 Å². The number of halogens is 2. The zero-order chi connectivity index (χ0) is 24.1. The van der Waals surface area contributed by atoms with Crippen molar-refractivity contribution in [1.82, 2.24) is 10.2 Å². The number of benzene rings is 2. The van der Waals surface area contributed by atoms with E-state index in [1.165, 1.54) is 0 Å². The van der Waals surface area contributed by atoms with Gasteiger partial charge in [-0.3, -0.25) is 9.69 Å². The van der Waals surface area contributed by atoms with Crippen molar-refractivity contribution in [2.75, 3.05) is 26.3 Å². The molecule has 2 N–H and O–H groups in total. The minimum Gasteiger partial charge on any atom is -0.489 e. The minimum atomic E-state index is -0.968. The molecular formula is C26H32Cl2N2O5. The highest BCUT2D eigenvalue weighted by Gasteiger charge is 2.47. The molecule has 2 aromatic carbocycles. The van der Waals surface area contributed by atoms with Gasteiger partial charge in [0.25, 0.3) is 0 Å². The second-order valence-electron chi connectivity index (χ2n) is 9.05. The van der Waals surface area contributed by atoms with E-state index in [4.69, 9.17) is 26.2 Å². The number of carboxylic acid groups (broad SMARTS) is 1. The van der Waals surface area contributed by atoms with Gasteiger partial charge in [0.2, 0.25) is 5.91 Å². The highest BCUT2D eigenvalue weighted by molar-refractivity contribution is 6.30. The molecule has 0 saturated carbocycles. The molecule has 0 spiro atoms. The molecule has 2 fully saturated rings. The number of carbonyl (C=O) groups is 2. The Hall–Kier alpha value is -2.32. The van der Waals surface area contributed by atoms with E-state index in [2.05, 4.69) is 10.2 Å². The molecule has 0 aliphatic carbocycles. The number of piperidine rings is 1. The van der Waals surface area contributed by atoms with Crippen molar-refractivity contribution in [2.45, 2.75) is 50.3 Å². The van der Waals surface area contributed by atoms with Crippen LogP contribution in [0.5, 0.6) is 5.75 Å². The van der Waals surface area contributed by atoms with Crippen molar-refractivity contribution in [2.24, 2.45) is 0 Å². The highest BCUT2D eigenvalue weighted by atomic mass is 35.5. The van der Waals surface area contributed by atoms with Crippen molar-refractivity contribution >= 4 is 35.9 Å². The summed E-state index contributed by atoms with van der Waals surface area (Å²) in [7, 11) is 0. The maximum atomic E-state index is 13.7. The summed E-state index contributed by atoms with van der Waals surface area (Å²) >= 11 is 6.11. The topological polar surface area (TPSA) is 88.1 Å². The molecule has 2 atom stereocenters. The van der Waals surface area contributed by atoms with Crippen molar-refractivity contribution in [1.29, 1.82) is 0 Å². The molecule has 35 heavy (non-hydrogen) atoms. The third-order valence-electron chi connectivity index (χ3n) is 6.83. The summed E-state index contributed by atoms with van der Waals surface area (Å²) in [5, 5.41) is 13.0. The molecule has 2 saturated heterocycles. The van der Waals surface area contributed by atoms with Gasteiger partial charge in [-0.2, -0.15) is 0 Å². The van der Waals surface area contributed by atoms with E-state index in [1.807, 2.05) is 31.2 Å². The molecule has 190 valence electrons. The van der Waals surface area contributed by atoms with Crippen LogP contribution in [-0.2, 0) is 9.53 Å². The number of ether oxygens (including phenoxy) is 2. The van der Waals surface area contributed by atoms with Gasteiger partial charge in [-0.05, 0) is 75.0 Å². The standard InChI is InChI=1S/C26H31ClN2O5.ClH/c1-18(19-7-9-20(10-8-19)24(30)31)28-25(32)26(11-14-33-15-12-26)29-13-3-6-23(17-29)34-22-5-2-4-21(27)16-22;/h2,4-5,7-10,16,18,23H,3,6,11-15,17H2,1H3,(H,28,32)(H,30,31);1H/t18-,23+;/m0./s1. The molecule has 4 rings (SSSR count). The fourth-order valence-electron chi connectivity index (χ4n) is 4.88. The lowest BCUT2D eigenvalue weighted by molar-refractivity contribution is -0.144. The second-order valence-corrected chi connectivity index (χ2v) is 9.49. The smallest absolute Gasteiger partial charge is 0.335 e. The van der Waals surface area contributed by atoms with Gasteiger partial charge in [-0.15, -0.1) is 12.4 Å². The van der Waals surface area contributed by atoms with E-state index < -0.39 is 11.5 Å². The van der Waals surface area contributed by atoms with E-state index >= 15 is 0 Å². The molecule has 2 aromatic rings. The Morgan fingerprint density at radius 2 is 1.91 bits per heavy atom. The third-order valence-corrected chi connectivity index (χ3v) is 7.07. The van der Waals surface area contributed by atoms with E-state index in [1.54, 1.807) is 24.3 Å². The number of amides is 1. The lowest BCUT2D eigenvalue weighted by Crippen LogP contribution is -2.64. The maximum absolute atomic E-state index is 13.7. The predicted octanol–water partition coefficient (Wildman–Crippen LogP) is 4.73. The van der Waals surface area contributed by atoms with Crippen LogP contribution in [0.2, 0.25) is 5.02 Å². The Labute approximate surface area is 217 Å². The number of rotatable bonds is 7. The molecule has 1 amide bonds. The molecule has 0 unspecified atom stereocenters. The van der Waals surface area contributed by atoms with Gasteiger partial charge in [0.15, 0.2) is 0 Å². The first kappa shape index (κ1) is 27.3. The SMILES string of the molecule is C[C@H](NC(=O)C1(N2CCC[C@@H](Oc3cccc(Cl)c3)C2)CCOCC1)c1ccc(C(=O)O)cc1.Cl. The summed E-state index contributed by atoms with van der Waals surface area (Å²) in [5.74, 6) is -0.249. The van der Waals surface area contributed by atoms with Crippen LogP contribution in [-0.4, -0.2) is 59.8 Å². The molecule has 0 aromatic heterocycles. The second kappa shape index (κ2) is 12.1. The number of hydrogen-bond acceptors (Lipinski definition) is 5. The molecule has 7 nitrogen and oxygen atoms in total. The maximum Gasteiger partial charge on any atom is 0.335 e. The first-order chi connectivity index (χ1) is 16.4. The van der Waals surface area contributed by atoms with Crippen LogP contribution in [0.25, 0.3) is 0 Å². The molecule has 0 bridgehead atoms. The largest absolute Gasteiger partial charge is 0.489 e. The molecule has 0 radical (unpaired) electrons. The van der Waals surface area contributed by atoms with Crippen LogP contribution >= 0.6 is 24.0 Å². The third kappa shape index (κ3) is 6.47. The Kier molecular flexibility index (Phi) is 9.41. The van der Waals surface area contributed by atoms with Crippen LogP contribution in [0.1, 0.15) is 54.6 Å². The zero-order valence-corrected chi connectivity index (χ0v) is 21.3. The van der Waals surface area contributed by atoms with E-state index in [0.29, 0.717) is 37.6 Å². The highest BCUT2D eigenvalue weighted by Crippen LogP contribution is 2.33. The summed E-state index contributed by atoms with van der Waals surface area (Å²) in [4.78, 5) is 27.1. The summed E-state index contributed by atoms with van der Waals surface area (Å²) in [5.41, 5.74) is 0.424. The number of likely N-dealkylation sites (tertiary alicyclic amines) is 1. The molecule has 9 heteroatoms. The first-order valence-electron chi connectivity index (χ1n) is 11.8. The Balaban J connectivity index is 0.00000342. The van der Waals surface area contributed by atoms with Gasteiger partial charge in [0.1, 0.15) is 17.4 Å². The minimum absolute atomic E-state index is 0. The van der Waals surface area contributed by atoms with E-state index in [-0.39, 0.29) is 36.0 Å². The number of nitrogens with one attached hydrogen (secondary N) is 1. The quantitative estimate of drug-likeness (QED) is 0.546. The fraction of sp³-hybridized carbons (Fsp3) is 0.462. The number of aromatic carboxylic acids is 1. The van der Waals surface area contributed by atoms with Crippen molar-refractivity contribution in [3.05, 3.63) is 64.7 Å². The van der Waals surface area contributed by atoms with Crippen molar-refractivity contribution < 1.29 is 24.2 Å². The van der Waals surface area contributed by atoms with E-state index in [0.717, 1.165) is 30.7 Å². The van der Waals surface area contributed by atoms with Crippen LogP contribution in [0.4, 0.5) is 0 Å². The summed E-state index contributed by atoms with van der Waals surface area (Å²) in [6.45, 7) is 4.46. The molecule has 2 heterocycles. The number of carboxylic acids is 1. The normalized spacial score (nSPS) is 20.8. The van der Waals surface area contributed by atoms with Gasteiger partial charge in [-0.1, -0.05) is 29.8 Å².